The summed E-state index contributed by atoms with van der Waals surface area (Å²) >= 11 is 0. The lowest BCUT2D eigenvalue weighted by atomic mass is 10.1. The van der Waals surface area contributed by atoms with Crippen LogP contribution in [0.5, 0.6) is 0 Å². The molecular formula is C13H17F3N2O. The van der Waals surface area contributed by atoms with Gasteiger partial charge < -0.3 is 10.6 Å². The Morgan fingerprint density at radius 3 is 2.53 bits per heavy atom. The van der Waals surface area contributed by atoms with Crippen molar-refractivity contribution in [3.63, 3.8) is 0 Å². The molecule has 1 atom stereocenters. The van der Waals surface area contributed by atoms with Gasteiger partial charge in [-0.05, 0) is 25.5 Å². The number of alkyl halides is 3. The van der Waals surface area contributed by atoms with Crippen LogP contribution in [0.3, 0.4) is 0 Å². The van der Waals surface area contributed by atoms with E-state index in [2.05, 4.69) is 10.6 Å². The minimum absolute atomic E-state index is 0.0127. The van der Waals surface area contributed by atoms with Crippen LogP contribution in [-0.2, 0) is 11.0 Å². The third-order valence-electron chi connectivity index (χ3n) is 2.73. The average Bonchev–Trinajstić information content (AvgIpc) is 2.35. The number of hydrogen-bond donors (Lipinski definition) is 2. The fourth-order valence-electron chi connectivity index (χ4n) is 1.44. The number of para-hydroxylation sites is 1. The summed E-state index contributed by atoms with van der Waals surface area (Å²) in [6.07, 6.45) is -3.64. The molecule has 3 nitrogen and oxygen atoms in total. The molecule has 1 aromatic carbocycles. The Hall–Kier alpha value is -1.56. The first kappa shape index (κ1) is 15.5. The van der Waals surface area contributed by atoms with Crippen LogP contribution in [0.1, 0.15) is 25.8 Å². The van der Waals surface area contributed by atoms with Crippen molar-refractivity contribution in [2.75, 3.05) is 11.9 Å². The van der Waals surface area contributed by atoms with Gasteiger partial charge in [-0.25, -0.2) is 0 Å². The van der Waals surface area contributed by atoms with Crippen LogP contribution in [0.4, 0.5) is 18.9 Å². The smallest absolute Gasteiger partial charge is 0.324 e. The number of rotatable bonds is 5. The zero-order valence-corrected chi connectivity index (χ0v) is 10.8. The molecule has 0 saturated heterocycles. The molecule has 19 heavy (non-hydrogen) atoms. The van der Waals surface area contributed by atoms with Gasteiger partial charge in [0.15, 0.2) is 0 Å². The summed E-state index contributed by atoms with van der Waals surface area (Å²) in [6.45, 7) is 3.84. The van der Waals surface area contributed by atoms with E-state index in [4.69, 9.17) is 0 Å². The minimum Gasteiger partial charge on any atom is -0.324 e. The molecule has 1 rings (SSSR count). The lowest BCUT2D eigenvalue weighted by Crippen LogP contribution is -2.34. The van der Waals surface area contributed by atoms with Crippen LogP contribution >= 0.6 is 0 Å². The average molecular weight is 274 g/mol. The van der Waals surface area contributed by atoms with Crippen LogP contribution in [0.2, 0.25) is 0 Å². The van der Waals surface area contributed by atoms with Gasteiger partial charge in [0, 0.05) is 6.04 Å². The molecule has 0 aromatic heterocycles. The first-order chi connectivity index (χ1) is 8.84. The molecule has 0 radical (unpaired) electrons. The number of hydrogen-bond acceptors (Lipinski definition) is 2. The van der Waals surface area contributed by atoms with Gasteiger partial charge in [-0.1, -0.05) is 19.1 Å². The van der Waals surface area contributed by atoms with Gasteiger partial charge in [-0.2, -0.15) is 13.2 Å². The molecule has 0 spiro atoms. The Morgan fingerprint density at radius 1 is 1.32 bits per heavy atom. The Morgan fingerprint density at radius 2 is 1.95 bits per heavy atom. The van der Waals surface area contributed by atoms with E-state index in [1.54, 1.807) is 0 Å². The topological polar surface area (TPSA) is 41.1 Å². The van der Waals surface area contributed by atoms with E-state index in [-0.39, 0.29) is 18.3 Å². The molecule has 0 aliphatic carbocycles. The highest BCUT2D eigenvalue weighted by atomic mass is 19.4. The van der Waals surface area contributed by atoms with E-state index < -0.39 is 17.6 Å². The van der Waals surface area contributed by atoms with Gasteiger partial charge in [-0.15, -0.1) is 0 Å². The van der Waals surface area contributed by atoms with Crippen molar-refractivity contribution < 1.29 is 18.0 Å². The fraction of sp³-hybridized carbons (Fsp3) is 0.462. The van der Waals surface area contributed by atoms with E-state index in [9.17, 15) is 18.0 Å². The standard InChI is InChI=1S/C13H17F3N2O/c1-3-9(2)17-8-12(19)18-11-7-5-4-6-10(11)13(14,15)16/h4-7,9,17H,3,8H2,1-2H3,(H,18,19)/t9-/m1/s1. The summed E-state index contributed by atoms with van der Waals surface area (Å²) in [4.78, 5) is 11.6. The molecule has 0 aliphatic rings. The number of carbonyl (C=O) groups excluding carboxylic acids is 1. The van der Waals surface area contributed by atoms with Gasteiger partial charge in [0.1, 0.15) is 0 Å². The highest BCUT2D eigenvalue weighted by molar-refractivity contribution is 5.93. The predicted molar refractivity (Wildman–Crippen MR) is 67.8 cm³/mol. The van der Waals surface area contributed by atoms with Crippen molar-refractivity contribution >= 4 is 11.6 Å². The second-order valence-electron chi connectivity index (χ2n) is 4.28. The second kappa shape index (κ2) is 6.56. The molecule has 1 aromatic rings. The van der Waals surface area contributed by atoms with Crippen molar-refractivity contribution in [3.8, 4) is 0 Å². The summed E-state index contributed by atoms with van der Waals surface area (Å²) in [6, 6.07) is 5.06. The summed E-state index contributed by atoms with van der Waals surface area (Å²) in [5.41, 5.74) is -1.06. The first-order valence-electron chi connectivity index (χ1n) is 6.04. The van der Waals surface area contributed by atoms with Crippen LogP contribution in [-0.4, -0.2) is 18.5 Å². The van der Waals surface area contributed by atoms with Crippen molar-refractivity contribution in [2.24, 2.45) is 0 Å². The number of carbonyl (C=O) groups is 1. The normalized spacial score (nSPS) is 13.1. The lowest BCUT2D eigenvalue weighted by Gasteiger charge is -2.15. The molecule has 0 unspecified atom stereocenters. The maximum Gasteiger partial charge on any atom is 0.418 e. The molecule has 0 saturated carbocycles. The van der Waals surface area contributed by atoms with Crippen LogP contribution < -0.4 is 10.6 Å². The summed E-state index contributed by atoms with van der Waals surface area (Å²) in [7, 11) is 0. The number of anilines is 1. The van der Waals surface area contributed by atoms with E-state index in [1.165, 1.54) is 18.2 Å². The molecule has 6 heteroatoms. The summed E-state index contributed by atoms with van der Waals surface area (Å²) in [5.74, 6) is -0.489. The van der Waals surface area contributed by atoms with Crippen LogP contribution in [0, 0.1) is 0 Å². The van der Waals surface area contributed by atoms with Gasteiger partial charge in [-0.3, -0.25) is 4.79 Å². The van der Waals surface area contributed by atoms with E-state index in [0.717, 1.165) is 12.5 Å². The van der Waals surface area contributed by atoms with Gasteiger partial charge in [0.05, 0.1) is 17.8 Å². The number of halogens is 3. The molecule has 0 heterocycles. The third kappa shape index (κ3) is 4.90. The molecule has 106 valence electrons. The molecular weight excluding hydrogens is 257 g/mol. The molecule has 0 aliphatic heterocycles. The lowest BCUT2D eigenvalue weighted by molar-refractivity contribution is -0.137. The zero-order chi connectivity index (χ0) is 14.5. The molecule has 1 amide bonds. The van der Waals surface area contributed by atoms with Crippen LogP contribution in [0.25, 0.3) is 0 Å². The Kier molecular flexibility index (Phi) is 5.35. The quantitative estimate of drug-likeness (QED) is 0.866. The third-order valence-corrected chi connectivity index (χ3v) is 2.73. The predicted octanol–water partition coefficient (Wildman–Crippen LogP) is 3.03. The Bertz CT molecular complexity index is 432. The highest BCUT2D eigenvalue weighted by Gasteiger charge is 2.33. The summed E-state index contributed by atoms with van der Waals surface area (Å²) in [5, 5.41) is 5.19. The summed E-state index contributed by atoms with van der Waals surface area (Å²) < 4.78 is 38.1. The SMILES string of the molecule is CC[C@@H](C)NCC(=O)Nc1ccccc1C(F)(F)F. The Balaban J connectivity index is 2.70. The fourth-order valence-corrected chi connectivity index (χ4v) is 1.44. The van der Waals surface area contributed by atoms with Gasteiger partial charge in [0.2, 0.25) is 5.91 Å². The maximum absolute atomic E-state index is 12.7. The van der Waals surface area contributed by atoms with Crippen molar-refractivity contribution in [1.82, 2.24) is 5.32 Å². The highest BCUT2D eigenvalue weighted by Crippen LogP contribution is 2.34. The minimum atomic E-state index is -4.48. The van der Waals surface area contributed by atoms with E-state index in [1.807, 2.05) is 13.8 Å². The van der Waals surface area contributed by atoms with E-state index >= 15 is 0 Å². The maximum atomic E-state index is 12.7. The first-order valence-corrected chi connectivity index (χ1v) is 6.04. The molecule has 0 bridgehead atoms. The van der Waals surface area contributed by atoms with Crippen molar-refractivity contribution in [1.29, 1.82) is 0 Å². The second-order valence-corrected chi connectivity index (χ2v) is 4.28. The number of nitrogens with one attached hydrogen (secondary N) is 2. The molecule has 0 fully saturated rings. The number of benzene rings is 1. The zero-order valence-electron chi connectivity index (χ0n) is 10.8. The van der Waals surface area contributed by atoms with Crippen molar-refractivity contribution in [3.05, 3.63) is 29.8 Å². The Labute approximate surface area is 110 Å². The largest absolute Gasteiger partial charge is 0.418 e. The van der Waals surface area contributed by atoms with Gasteiger partial charge >= 0.3 is 6.18 Å². The van der Waals surface area contributed by atoms with Gasteiger partial charge in [0.25, 0.3) is 0 Å². The monoisotopic (exact) mass is 274 g/mol. The van der Waals surface area contributed by atoms with Crippen LogP contribution in [0.15, 0.2) is 24.3 Å². The molecule has 2 N–H and O–H groups in total. The number of amides is 1. The van der Waals surface area contributed by atoms with Crippen molar-refractivity contribution in [2.45, 2.75) is 32.5 Å². The van der Waals surface area contributed by atoms with E-state index in [0.29, 0.717) is 0 Å².